The van der Waals surface area contributed by atoms with Crippen molar-refractivity contribution in [1.29, 1.82) is 0 Å². The number of carbonyl (C=O) groups excluding carboxylic acids is 1. The average molecular weight is 336 g/mol. The highest BCUT2D eigenvalue weighted by atomic mass is 35.5. The first-order valence-corrected chi connectivity index (χ1v) is 7.25. The van der Waals surface area contributed by atoms with Gasteiger partial charge in [-0.3, -0.25) is 4.79 Å². The van der Waals surface area contributed by atoms with Gasteiger partial charge in [0, 0.05) is 16.3 Å². The van der Waals surface area contributed by atoms with Gasteiger partial charge in [0.05, 0.1) is 21.3 Å². The second kappa shape index (κ2) is 7.24. The van der Waals surface area contributed by atoms with Gasteiger partial charge in [-0.1, -0.05) is 11.6 Å². The molecule has 0 fully saturated rings. The Labute approximate surface area is 140 Å². The van der Waals surface area contributed by atoms with Crippen LogP contribution in [0.25, 0.3) is 0 Å². The SMILES string of the molecule is COc1cc(C(=O)Nc2ccc(Cl)cc2C)cc(OC)c1OC. The second-order valence-corrected chi connectivity index (χ2v) is 5.26. The molecule has 2 aromatic rings. The largest absolute Gasteiger partial charge is 0.493 e. The van der Waals surface area contributed by atoms with E-state index in [1.54, 1.807) is 30.3 Å². The summed E-state index contributed by atoms with van der Waals surface area (Å²) < 4.78 is 15.8. The first-order valence-electron chi connectivity index (χ1n) is 6.87. The number of methoxy groups -OCH3 is 3. The lowest BCUT2D eigenvalue weighted by atomic mass is 10.1. The molecule has 0 aliphatic carbocycles. The van der Waals surface area contributed by atoms with Crippen molar-refractivity contribution in [2.75, 3.05) is 26.6 Å². The summed E-state index contributed by atoms with van der Waals surface area (Å²) in [6, 6.07) is 8.46. The molecule has 5 nitrogen and oxygen atoms in total. The van der Waals surface area contributed by atoms with Gasteiger partial charge in [0.2, 0.25) is 5.75 Å². The van der Waals surface area contributed by atoms with Gasteiger partial charge in [-0.2, -0.15) is 0 Å². The molecule has 0 unspecified atom stereocenters. The molecular weight excluding hydrogens is 318 g/mol. The lowest BCUT2D eigenvalue weighted by Gasteiger charge is -2.14. The third kappa shape index (κ3) is 3.68. The van der Waals surface area contributed by atoms with Crippen LogP contribution in [0.15, 0.2) is 30.3 Å². The van der Waals surface area contributed by atoms with Gasteiger partial charge in [-0.25, -0.2) is 0 Å². The average Bonchev–Trinajstić information content (AvgIpc) is 2.55. The molecule has 0 saturated carbocycles. The number of nitrogens with one attached hydrogen (secondary N) is 1. The number of halogens is 1. The Balaban J connectivity index is 2.35. The summed E-state index contributed by atoms with van der Waals surface area (Å²) >= 11 is 5.92. The van der Waals surface area contributed by atoms with Crippen molar-refractivity contribution in [1.82, 2.24) is 0 Å². The van der Waals surface area contributed by atoms with Gasteiger partial charge in [0.1, 0.15) is 0 Å². The fourth-order valence-electron chi connectivity index (χ4n) is 2.17. The van der Waals surface area contributed by atoms with E-state index in [9.17, 15) is 4.79 Å². The maximum Gasteiger partial charge on any atom is 0.255 e. The van der Waals surface area contributed by atoms with Crippen LogP contribution in [0.4, 0.5) is 5.69 Å². The van der Waals surface area contributed by atoms with Crippen LogP contribution in [-0.4, -0.2) is 27.2 Å². The van der Waals surface area contributed by atoms with E-state index >= 15 is 0 Å². The van der Waals surface area contributed by atoms with Gasteiger partial charge in [0.25, 0.3) is 5.91 Å². The van der Waals surface area contributed by atoms with Gasteiger partial charge in [-0.05, 0) is 42.8 Å². The molecule has 2 aromatic carbocycles. The number of aryl methyl sites for hydroxylation is 1. The van der Waals surface area contributed by atoms with E-state index in [1.165, 1.54) is 21.3 Å². The van der Waals surface area contributed by atoms with Crippen molar-refractivity contribution in [2.24, 2.45) is 0 Å². The summed E-state index contributed by atoms with van der Waals surface area (Å²) in [5.41, 5.74) is 1.96. The predicted octanol–water partition coefficient (Wildman–Crippen LogP) is 3.93. The van der Waals surface area contributed by atoms with Crippen molar-refractivity contribution in [3.05, 3.63) is 46.5 Å². The molecule has 1 N–H and O–H groups in total. The molecule has 0 saturated heterocycles. The molecule has 122 valence electrons. The van der Waals surface area contributed by atoms with E-state index in [2.05, 4.69) is 5.32 Å². The van der Waals surface area contributed by atoms with E-state index in [1.807, 2.05) is 6.92 Å². The lowest BCUT2D eigenvalue weighted by Crippen LogP contribution is -2.13. The predicted molar refractivity (Wildman–Crippen MR) is 90.2 cm³/mol. The van der Waals surface area contributed by atoms with Crippen LogP contribution in [0.2, 0.25) is 5.02 Å². The summed E-state index contributed by atoms with van der Waals surface area (Å²) in [4.78, 5) is 12.5. The minimum absolute atomic E-state index is 0.283. The van der Waals surface area contributed by atoms with Crippen molar-refractivity contribution < 1.29 is 19.0 Å². The second-order valence-electron chi connectivity index (χ2n) is 4.83. The molecule has 0 radical (unpaired) electrons. The Morgan fingerprint density at radius 1 is 1.00 bits per heavy atom. The smallest absolute Gasteiger partial charge is 0.255 e. The molecule has 23 heavy (non-hydrogen) atoms. The van der Waals surface area contributed by atoms with Crippen LogP contribution in [0.1, 0.15) is 15.9 Å². The quantitative estimate of drug-likeness (QED) is 0.899. The van der Waals surface area contributed by atoms with E-state index in [0.29, 0.717) is 33.5 Å². The zero-order valence-corrected chi connectivity index (χ0v) is 14.2. The molecular formula is C17H18ClNO4. The van der Waals surface area contributed by atoms with Crippen molar-refractivity contribution >= 4 is 23.2 Å². The Morgan fingerprint density at radius 2 is 1.61 bits per heavy atom. The normalized spacial score (nSPS) is 10.1. The molecule has 0 heterocycles. The van der Waals surface area contributed by atoms with Gasteiger partial charge in [-0.15, -0.1) is 0 Å². The zero-order chi connectivity index (χ0) is 17.0. The highest BCUT2D eigenvalue weighted by Gasteiger charge is 2.17. The molecule has 0 bridgehead atoms. The third-order valence-corrected chi connectivity index (χ3v) is 3.60. The minimum Gasteiger partial charge on any atom is -0.493 e. The number of amides is 1. The first kappa shape index (κ1) is 17.0. The summed E-state index contributed by atoms with van der Waals surface area (Å²) in [6.07, 6.45) is 0. The molecule has 1 amide bonds. The van der Waals surface area contributed by atoms with Gasteiger partial charge >= 0.3 is 0 Å². The molecule has 0 aliphatic heterocycles. The van der Waals surface area contributed by atoms with Crippen LogP contribution in [0.5, 0.6) is 17.2 Å². The fourth-order valence-corrected chi connectivity index (χ4v) is 2.40. The maximum absolute atomic E-state index is 12.5. The summed E-state index contributed by atoms with van der Waals surface area (Å²) in [7, 11) is 4.52. The number of hydrogen-bond donors (Lipinski definition) is 1. The Morgan fingerprint density at radius 3 is 2.09 bits per heavy atom. The molecule has 6 heteroatoms. The monoisotopic (exact) mass is 335 g/mol. The number of carbonyl (C=O) groups is 1. The van der Waals surface area contributed by atoms with Crippen molar-refractivity contribution in [3.63, 3.8) is 0 Å². The molecule has 0 atom stereocenters. The van der Waals surface area contributed by atoms with Crippen LogP contribution < -0.4 is 19.5 Å². The van der Waals surface area contributed by atoms with E-state index in [-0.39, 0.29) is 5.91 Å². The Bertz CT molecular complexity index is 706. The Hall–Kier alpha value is -2.40. The number of anilines is 1. The molecule has 2 rings (SSSR count). The number of ether oxygens (including phenoxy) is 3. The van der Waals surface area contributed by atoms with Crippen molar-refractivity contribution in [2.45, 2.75) is 6.92 Å². The highest BCUT2D eigenvalue weighted by Crippen LogP contribution is 2.38. The maximum atomic E-state index is 12.5. The van der Waals surface area contributed by atoms with E-state index < -0.39 is 0 Å². The van der Waals surface area contributed by atoms with Crippen LogP contribution in [-0.2, 0) is 0 Å². The molecule has 0 aromatic heterocycles. The van der Waals surface area contributed by atoms with Crippen molar-refractivity contribution in [3.8, 4) is 17.2 Å². The van der Waals surface area contributed by atoms with Crippen LogP contribution >= 0.6 is 11.6 Å². The summed E-state index contributed by atoms with van der Waals surface area (Å²) in [5.74, 6) is 0.999. The topological polar surface area (TPSA) is 56.8 Å². The van der Waals surface area contributed by atoms with E-state index in [0.717, 1.165) is 5.56 Å². The van der Waals surface area contributed by atoms with E-state index in [4.69, 9.17) is 25.8 Å². The highest BCUT2D eigenvalue weighted by molar-refractivity contribution is 6.30. The Kier molecular flexibility index (Phi) is 5.34. The summed E-state index contributed by atoms with van der Waals surface area (Å²) in [5, 5.41) is 3.46. The number of rotatable bonds is 5. The molecule has 0 spiro atoms. The van der Waals surface area contributed by atoms with Crippen LogP contribution in [0, 0.1) is 6.92 Å². The fraction of sp³-hybridized carbons (Fsp3) is 0.235. The third-order valence-electron chi connectivity index (χ3n) is 3.36. The lowest BCUT2D eigenvalue weighted by molar-refractivity contribution is 0.102. The summed E-state index contributed by atoms with van der Waals surface area (Å²) in [6.45, 7) is 1.87. The standard InChI is InChI=1S/C17H18ClNO4/c1-10-7-12(18)5-6-13(10)19-17(20)11-8-14(21-2)16(23-4)15(9-11)22-3/h5-9H,1-4H3,(H,19,20). The van der Waals surface area contributed by atoms with Gasteiger partial charge < -0.3 is 19.5 Å². The first-order chi connectivity index (χ1) is 11.0. The number of hydrogen-bond acceptors (Lipinski definition) is 4. The number of benzene rings is 2. The van der Waals surface area contributed by atoms with Crippen LogP contribution in [0.3, 0.4) is 0 Å². The van der Waals surface area contributed by atoms with Gasteiger partial charge in [0.15, 0.2) is 11.5 Å². The molecule has 0 aliphatic rings. The zero-order valence-electron chi connectivity index (χ0n) is 13.4. The minimum atomic E-state index is -0.283.